The van der Waals surface area contributed by atoms with Crippen LogP contribution in [0.5, 0.6) is 0 Å². The maximum absolute atomic E-state index is 13.5. The summed E-state index contributed by atoms with van der Waals surface area (Å²) in [5.74, 6) is -1.54. The van der Waals surface area contributed by atoms with Gasteiger partial charge in [0.2, 0.25) is 0 Å². The van der Waals surface area contributed by atoms with Gasteiger partial charge in [0.05, 0.1) is 10.6 Å². The van der Waals surface area contributed by atoms with Crippen molar-refractivity contribution in [2.75, 3.05) is 14.9 Å². The second-order valence-electron chi connectivity index (χ2n) is 8.67. The molecular formula is C29H22FN3O4S2. The Hall–Kier alpha value is -4.41. The van der Waals surface area contributed by atoms with E-state index in [-0.39, 0.29) is 21.2 Å². The number of carbonyl (C=O) groups is 2. The summed E-state index contributed by atoms with van der Waals surface area (Å²) in [6.07, 6.45) is 0. The minimum Gasteiger partial charge on any atom is -0.350 e. The van der Waals surface area contributed by atoms with Crippen molar-refractivity contribution >= 4 is 50.7 Å². The molecule has 1 aliphatic heterocycles. The Morgan fingerprint density at radius 2 is 1.46 bits per heavy atom. The quantitative estimate of drug-likeness (QED) is 0.260. The zero-order chi connectivity index (χ0) is 27.6. The van der Waals surface area contributed by atoms with E-state index in [4.69, 9.17) is 0 Å². The van der Waals surface area contributed by atoms with Gasteiger partial charge in [-0.1, -0.05) is 53.7 Å². The molecule has 7 nitrogen and oxygen atoms in total. The minimum atomic E-state index is -3.97. The fourth-order valence-electron chi connectivity index (χ4n) is 3.88. The molecule has 0 saturated heterocycles. The summed E-state index contributed by atoms with van der Waals surface area (Å²) in [5.41, 5.74) is 2.49. The van der Waals surface area contributed by atoms with Gasteiger partial charge in [0.1, 0.15) is 16.4 Å². The topological polar surface area (TPSA) is 95.6 Å². The number of halogens is 1. The molecule has 10 heteroatoms. The maximum Gasteiger partial charge on any atom is 0.283 e. The molecule has 0 unspecified atom stereocenters. The minimum absolute atomic E-state index is 0.0932. The number of nitrogens with one attached hydrogen (secondary N) is 2. The van der Waals surface area contributed by atoms with Gasteiger partial charge in [0.15, 0.2) is 0 Å². The average molecular weight is 560 g/mol. The number of amides is 2. The number of sulfonamides is 1. The highest BCUT2D eigenvalue weighted by molar-refractivity contribution is 8.04. The first-order valence-corrected chi connectivity index (χ1v) is 14.1. The summed E-state index contributed by atoms with van der Waals surface area (Å²) in [4.78, 5) is 28.7. The van der Waals surface area contributed by atoms with Crippen LogP contribution in [0.4, 0.5) is 21.5 Å². The molecule has 2 amide bonds. The summed E-state index contributed by atoms with van der Waals surface area (Å²) in [7, 11) is -3.97. The Kier molecular flexibility index (Phi) is 7.23. The molecule has 4 aromatic rings. The first-order chi connectivity index (χ1) is 18.7. The van der Waals surface area contributed by atoms with Gasteiger partial charge < -0.3 is 5.32 Å². The second kappa shape index (κ2) is 10.8. The predicted octanol–water partition coefficient (Wildman–Crippen LogP) is 5.92. The highest BCUT2D eigenvalue weighted by Crippen LogP contribution is 2.38. The lowest BCUT2D eigenvalue weighted by Crippen LogP contribution is -2.32. The molecule has 2 N–H and O–H groups in total. The molecule has 0 aromatic heterocycles. The number of anilines is 3. The lowest BCUT2D eigenvalue weighted by molar-refractivity contribution is -0.120. The van der Waals surface area contributed by atoms with Gasteiger partial charge >= 0.3 is 0 Å². The molecule has 0 bridgehead atoms. The van der Waals surface area contributed by atoms with E-state index in [0.717, 1.165) is 34.4 Å². The van der Waals surface area contributed by atoms with Crippen molar-refractivity contribution in [3.05, 3.63) is 125 Å². The predicted molar refractivity (Wildman–Crippen MR) is 150 cm³/mol. The largest absolute Gasteiger partial charge is 0.350 e. The van der Waals surface area contributed by atoms with Crippen molar-refractivity contribution in [3.8, 4) is 0 Å². The normalized spacial score (nSPS) is 13.6. The molecule has 0 fully saturated rings. The van der Waals surface area contributed by atoms with Crippen LogP contribution < -0.4 is 14.9 Å². The van der Waals surface area contributed by atoms with E-state index in [1.54, 1.807) is 54.6 Å². The van der Waals surface area contributed by atoms with E-state index < -0.39 is 27.7 Å². The van der Waals surface area contributed by atoms with E-state index in [0.29, 0.717) is 16.3 Å². The molecule has 1 aliphatic rings. The second-order valence-corrected chi connectivity index (χ2v) is 11.4. The van der Waals surface area contributed by atoms with Gasteiger partial charge in [0.25, 0.3) is 21.8 Å². The number of hydrogen-bond donors (Lipinski definition) is 2. The van der Waals surface area contributed by atoms with Crippen molar-refractivity contribution in [3.63, 3.8) is 0 Å². The standard InChI is InChI=1S/C29H22FN3O4S2/c1-19-10-14-21(15-11-19)31-26-27(29(35)33(28(26)34)23-7-3-2-4-8-23)38-24-9-5-6-22(18-24)32-39(36,37)25-16-12-20(30)13-17-25/h2-18,31-32H,1H3. The number of rotatable bonds is 8. The van der Waals surface area contributed by atoms with Crippen molar-refractivity contribution in [2.24, 2.45) is 0 Å². The number of aryl methyl sites for hydroxylation is 1. The number of carbonyl (C=O) groups excluding carboxylic acids is 2. The van der Waals surface area contributed by atoms with Gasteiger partial charge in [-0.15, -0.1) is 0 Å². The monoisotopic (exact) mass is 559 g/mol. The molecule has 4 aromatic carbocycles. The van der Waals surface area contributed by atoms with E-state index in [1.807, 2.05) is 31.2 Å². The third-order valence-corrected chi connectivity index (χ3v) is 8.28. The highest BCUT2D eigenvalue weighted by Gasteiger charge is 2.40. The zero-order valence-corrected chi connectivity index (χ0v) is 22.2. The number of imide groups is 1. The smallest absolute Gasteiger partial charge is 0.283 e. The summed E-state index contributed by atoms with van der Waals surface area (Å²) in [6, 6.07) is 27.0. The molecule has 39 heavy (non-hydrogen) atoms. The van der Waals surface area contributed by atoms with Gasteiger partial charge in [0, 0.05) is 16.3 Å². The molecule has 0 spiro atoms. The van der Waals surface area contributed by atoms with Gasteiger partial charge in [-0.2, -0.15) is 0 Å². The van der Waals surface area contributed by atoms with Crippen molar-refractivity contribution in [1.82, 2.24) is 0 Å². The van der Waals surface area contributed by atoms with Crippen molar-refractivity contribution in [2.45, 2.75) is 16.7 Å². The number of thioether (sulfide) groups is 1. The number of benzene rings is 4. The summed E-state index contributed by atoms with van der Waals surface area (Å²) >= 11 is 1.05. The van der Waals surface area contributed by atoms with Crippen LogP contribution in [0.25, 0.3) is 0 Å². The molecule has 1 heterocycles. The van der Waals surface area contributed by atoms with Crippen LogP contribution in [-0.2, 0) is 19.6 Å². The third-order valence-electron chi connectivity index (χ3n) is 5.81. The third kappa shape index (κ3) is 5.71. The van der Waals surface area contributed by atoms with Gasteiger partial charge in [-0.05, 0) is 73.7 Å². The zero-order valence-electron chi connectivity index (χ0n) is 20.6. The SMILES string of the molecule is Cc1ccc(NC2=C(Sc3cccc(NS(=O)(=O)c4ccc(F)cc4)c3)C(=O)N(c3ccccc3)C2=O)cc1. The molecular weight excluding hydrogens is 537 g/mol. The van der Waals surface area contributed by atoms with E-state index >= 15 is 0 Å². The molecule has 0 radical (unpaired) electrons. The Morgan fingerprint density at radius 3 is 2.15 bits per heavy atom. The Balaban J connectivity index is 1.46. The summed E-state index contributed by atoms with van der Waals surface area (Å²) in [6.45, 7) is 1.95. The molecule has 0 saturated carbocycles. The Bertz CT molecular complexity index is 1690. The maximum atomic E-state index is 13.5. The fraction of sp³-hybridized carbons (Fsp3) is 0.0345. The van der Waals surface area contributed by atoms with Gasteiger partial charge in [-0.3, -0.25) is 14.3 Å². The molecule has 196 valence electrons. The average Bonchev–Trinajstić information content (AvgIpc) is 3.14. The lowest BCUT2D eigenvalue weighted by atomic mass is 10.2. The number of para-hydroxylation sites is 1. The Labute approximate surface area is 229 Å². The molecule has 0 aliphatic carbocycles. The Morgan fingerprint density at radius 1 is 0.769 bits per heavy atom. The van der Waals surface area contributed by atoms with E-state index in [1.165, 1.54) is 12.1 Å². The molecule has 0 atom stereocenters. The van der Waals surface area contributed by atoms with Crippen molar-refractivity contribution < 1.29 is 22.4 Å². The first kappa shape index (κ1) is 26.2. The number of hydrogen-bond acceptors (Lipinski definition) is 6. The molecule has 5 rings (SSSR count). The first-order valence-electron chi connectivity index (χ1n) is 11.8. The summed E-state index contributed by atoms with van der Waals surface area (Å²) < 4.78 is 41.3. The van der Waals surface area contributed by atoms with Crippen LogP contribution in [0.1, 0.15) is 5.56 Å². The van der Waals surface area contributed by atoms with Crippen LogP contribution in [0.15, 0.2) is 124 Å². The fourth-order valence-corrected chi connectivity index (χ4v) is 5.91. The van der Waals surface area contributed by atoms with Crippen LogP contribution in [0.2, 0.25) is 0 Å². The summed E-state index contributed by atoms with van der Waals surface area (Å²) in [5, 5.41) is 3.10. The van der Waals surface area contributed by atoms with Crippen LogP contribution in [0, 0.1) is 12.7 Å². The van der Waals surface area contributed by atoms with Gasteiger partial charge in [-0.25, -0.2) is 17.7 Å². The number of nitrogens with zero attached hydrogens (tertiary/aromatic N) is 1. The van der Waals surface area contributed by atoms with Crippen LogP contribution in [0.3, 0.4) is 0 Å². The van der Waals surface area contributed by atoms with E-state index in [2.05, 4.69) is 10.0 Å². The van der Waals surface area contributed by atoms with Crippen LogP contribution in [-0.4, -0.2) is 20.2 Å². The highest BCUT2D eigenvalue weighted by atomic mass is 32.2. The van der Waals surface area contributed by atoms with E-state index in [9.17, 15) is 22.4 Å². The van der Waals surface area contributed by atoms with Crippen molar-refractivity contribution in [1.29, 1.82) is 0 Å². The van der Waals surface area contributed by atoms with Crippen LogP contribution >= 0.6 is 11.8 Å². The lowest BCUT2D eigenvalue weighted by Gasteiger charge is -2.15.